The van der Waals surface area contributed by atoms with Gasteiger partial charge in [-0.2, -0.15) is 0 Å². The van der Waals surface area contributed by atoms with Gasteiger partial charge in [0.25, 0.3) is 0 Å². The van der Waals surface area contributed by atoms with Crippen molar-refractivity contribution in [1.29, 1.82) is 0 Å². The zero-order valence-electron chi connectivity index (χ0n) is 21.4. The lowest BCUT2D eigenvalue weighted by molar-refractivity contribution is -0.311. The van der Waals surface area contributed by atoms with E-state index in [9.17, 15) is 13.2 Å². The fraction of sp³-hybridized carbons (Fsp3) is 0.357. The van der Waals surface area contributed by atoms with E-state index in [0.29, 0.717) is 7.11 Å². The predicted molar refractivity (Wildman–Crippen MR) is 139 cm³/mol. The monoisotopic (exact) mass is 480 g/mol. The first-order chi connectivity index (χ1) is 15.5. The highest BCUT2D eigenvalue weighted by Gasteiger charge is 2.25. The number of rotatable bonds is 1. The van der Waals surface area contributed by atoms with Gasteiger partial charge in [-0.3, -0.25) is 4.74 Å². The third kappa shape index (κ3) is 21.4. The van der Waals surface area contributed by atoms with Gasteiger partial charge in [0.05, 0.1) is 0 Å². The first-order valence-corrected chi connectivity index (χ1v) is 12.0. The van der Waals surface area contributed by atoms with Crippen LogP contribution in [0, 0.1) is 34.6 Å². The van der Waals surface area contributed by atoms with Crippen molar-refractivity contribution < 1.29 is 17.9 Å². The molecule has 0 saturated heterocycles. The van der Waals surface area contributed by atoms with Gasteiger partial charge in [-0.1, -0.05) is 102 Å². The normalized spacial score (nSPS) is 9.45. The first kappa shape index (κ1) is 32.9. The van der Waals surface area contributed by atoms with E-state index in [1.807, 2.05) is 13.8 Å². The smallest absolute Gasteiger partial charge is 0.295 e. The third-order valence-corrected chi connectivity index (χ3v) is 4.67. The molecule has 3 rings (SSSR count). The highest BCUT2D eigenvalue weighted by atomic mass is 32.2. The average Bonchev–Trinajstić information content (AvgIpc) is 2.80. The molecule has 0 aromatic heterocycles. The van der Waals surface area contributed by atoms with Crippen molar-refractivity contribution >= 4 is 11.8 Å². The second-order valence-corrected chi connectivity index (χ2v) is 7.86. The third-order valence-electron chi connectivity index (χ3n) is 3.92. The first-order valence-electron chi connectivity index (χ1n) is 10.8. The number of ether oxygens (including phenoxy) is 1. The van der Waals surface area contributed by atoms with Crippen molar-refractivity contribution in [3.8, 4) is 0 Å². The molecule has 0 heterocycles. The van der Waals surface area contributed by atoms with Crippen LogP contribution < -0.4 is 0 Å². The summed E-state index contributed by atoms with van der Waals surface area (Å²) >= 11 is 1.78. The molecule has 184 valence electrons. The lowest BCUT2D eigenvalue weighted by Crippen LogP contribution is -2.08. The lowest BCUT2D eigenvalue weighted by Gasteiger charge is -1.97. The average molecular weight is 481 g/mol. The van der Waals surface area contributed by atoms with Crippen LogP contribution in [-0.4, -0.2) is 19.7 Å². The zero-order valence-corrected chi connectivity index (χ0v) is 22.2. The number of aryl methyl sites for hydroxylation is 5. The van der Waals surface area contributed by atoms with Crippen LogP contribution >= 0.6 is 11.8 Å². The number of hydrogen-bond donors (Lipinski definition) is 0. The molecule has 0 aliphatic heterocycles. The maximum atomic E-state index is 10.6. The van der Waals surface area contributed by atoms with Crippen molar-refractivity contribution in [1.82, 2.24) is 0 Å². The number of thioether (sulfide) groups is 1. The maximum absolute atomic E-state index is 10.6. The van der Waals surface area contributed by atoms with Gasteiger partial charge in [0.2, 0.25) is 0 Å². The fourth-order valence-electron chi connectivity index (χ4n) is 1.95. The topological polar surface area (TPSA) is 9.23 Å². The Kier molecular flexibility index (Phi) is 19.2. The molecular formula is C28H39F3OS. The van der Waals surface area contributed by atoms with Crippen molar-refractivity contribution in [2.45, 2.75) is 59.7 Å². The number of halogens is 3. The minimum Gasteiger partial charge on any atom is -0.295 e. The Balaban J connectivity index is 0. The van der Waals surface area contributed by atoms with Gasteiger partial charge in [-0.25, -0.2) is 0 Å². The molecule has 5 heteroatoms. The van der Waals surface area contributed by atoms with Crippen LogP contribution in [0.1, 0.15) is 41.7 Å². The van der Waals surface area contributed by atoms with Gasteiger partial charge in [0.1, 0.15) is 0 Å². The Morgan fingerprint density at radius 2 is 0.727 bits per heavy atom. The molecular weight excluding hydrogens is 441 g/mol. The summed E-state index contributed by atoms with van der Waals surface area (Å²) in [5, 5.41) is 0. The molecule has 0 aliphatic carbocycles. The highest BCUT2D eigenvalue weighted by molar-refractivity contribution is 7.98. The summed E-state index contributed by atoms with van der Waals surface area (Å²) in [7, 11) is 0.583. The Morgan fingerprint density at radius 3 is 0.879 bits per heavy atom. The molecule has 0 aliphatic rings. The fourth-order valence-corrected chi connectivity index (χ4v) is 2.36. The van der Waals surface area contributed by atoms with E-state index < -0.39 is 6.36 Å². The molecule has 0 fully saturated rings. The number of benzene rings is 3. The van der Waals surface area contributed by atoms with Gasteiger partial charge in [0.15, 0.2) is 0 Å². The molecule has 0 N–H and O–H groups in total. The molecule has 3 aromatic carbocycles. The van der Waals surface area contributed by atoms with Crippen molar-refractivity contribution in [3.05, 3.63) is 101 Å². The van der Waals surface area contributed by atoms with E-state index in [1.54, 1.807) is 11.8 Å². The van der Waals surface area contributed by atoms with Crippen molar-refractivity contribution in [3.63, 3.8) is 0 Å². The molecule has 1 nitrogen and oxygen atoms in total. The second-order valence-electron chi connectivity index (χ2n) is 6.98. The van der Waals surface area contributed by atoms with Gasteiger partial charge in [-0.05, 0) is 53.0 Å². The molecule has 0 bridgehead atoms. The minimum atomic E-state index is -4.46. The van der Waals surface area contributed by atoms with Crippen LogP contribution in [0.2, 0.25) is 0 Å². The van der Waals surface area contributed by atoms with Crippen LogP contribution in [0.25, 0.3) is 0 Å². The van der Waals surface area contributed by atoms with Crippen molar-refractivity contribution in [2.75, 3.05) is 13.4 Å². The largest absolute Gasteiger partial charge is 0.522 e. The van der Waals surface area contributed by atoms with Crippen LogP contribution in [0.3, 0.4) is 0 Å². The van der Waals surface area contributed by atoms with Gasteiger partial charge < -0.3 is 0 Å². The van der Waals surface area contributed by atoms with Crippen LogP contribution in [0.4, 0.5) is 13.2 Å². The van der Waals surface area contributed by atoms with E-state index in [0.717, 1.165) is 0 Å². The Labute approximate surface area is 203 Å². The second kappa shape index (κ2) is 19.2. The molecule has 0 amide bonds. The summed E-state index contributed by atoms with van der Waals surface area (Å²) < 4.78 is 34.6. The van der Waals surface area contributed by atoms with Crippen molar-refractivity contribution in [2.24, 2.45) is 0 Å². The van der Waals surface area contributed by atoms with E-state index in [-0.39, 0.29) is 0 Å². The minimum absolute atomic E-state index is 0.583. The lowest BCUT2D eigenvalue weighted by atomic mass is 10.2. The van der Waals surface area contributed by atoms with Gasteiger partial charge in [-0.15, -0.1) is 24.9 Å². The van der Waals surface area contributed by atoms with E-state index >= 15 is 0 Å². The van der Waals surface area contributed by atoms with Gasteiger partial charge in [0, 0.05) is 12.0 Å². The van der Waals surface area contributed by atoms with Crippen LogP contribution in [-0.2, 0) is 4.74 Å². The quantitative estimate of drug-likeness (QED) is 0.321. The number of alkyl halides is 3. The Hall–Kier alpha value is -2.24. The summed E-state index contributed by atoms with van der Waals surface area (Å²) in [6.07, 6.45) is -2.37. The number of methoxy groups -OCH3 is 1. The Bertz CT molecular complexity index is 740. The molecule has 0 unspecified atom stereocenters. The summed E-state index contributed by atoms with van der Waals surface area (Å²) in [4.78, 5) is 1.33. The van der Waals surface area contributed by atoms with E-state index in [2.05, 4.69) is 118 Å². The Morgan fingerprint density at radius 1 is 0.545 bits per heavy atom. The summed E-state index contributed by atoms with van der Waals surface area (Å²) in [6.45, 7) is 14.5. The van der Waals surface area contributed by atoms with Crippen LogP contribution in [0.15, 0.2) is 77.7 Å². The number of hydrogen-bond acceptors (Lipinski definition) is 2. The molecule has 3 aromatic rings. The molecule has 0 atom stereocenters. The summed E-state index contributed by atoms with van der Waals surface area (Å²) in [6, 6.07) is 25.5. The molecule has 0 saturated carbocycles. The molecule has 33 heavy (non-hydrogen) atoms. The van der Waals surface area contributed by atoms with Crippen LogP contribution in [0.5, 0.6) is 0 Å². The zero-order chi connectivity index (χ0) is 25.9. The van der Waals surface area contributed by atoms with E-state index in [1.165, 1.54) is 32.7 Å². The summed E-state index contributed by atoms with van der Waals surface area (Å²) in [5.41, 5.74) is 6.64. The SMILES string of the molecule is CC.COC(F)(F)F.CSc1ccc(C)cc1.Cc1ccc(C)cc1.Cc1ccc(C)cc1. The van der Waals surface area contributed by atoms with E-state index in [4.69, 9.17) is 0 Å². The molecule has 0 radical (unpaired) electrons. The predicted octanol–water partition coefficient (Wildman–Crippen LogP) is 9.50. The van der Waals surface area contributed by atoms with Gasteiger partial charge >= 0.3 is 6.36 Å². The maximum Gasteiger partial charge on any atom is 0.522 e. The standard InChI is InChI=1S/C8H10S.2C8H10.C2H3F3O.C2H6/c1-7-3-5-8(9-2)6-4-7;2*1-7-3-5-8(2)6-4-7;1-6-2(3,4)5;1-2/h3-6H,1-2H3;2*3-6H,1-2H3;1H3;1-2H3. The summed E-state index contributed by atoms with van der Waals surface area (Å²) in [5.74, 6) is 0. The molecule has 0 spiro atoms. The highest BCUT2D eigenvalue weighted by Crippen LogP contribution is 2.14.